The molecule has 0 aliphatic carbocycles. The number of sulfonamides is 1. The quantitative estimate of drug-likeness (QED) is 0.636. The summed E-state index contributed by atoms with van der Waals surface area (Å²) in [6, 6.07) is 7.84. The standard InChI is InChI=1S/C18H17N5O5S/c1-12-21-17(22-28-12)10-23-15-7-14(4-5-16(15)27-11-18(23)24)29(25,26)20-9-13-3-2-6-19-8-13/h2-8,20H,9-11H2,1H3. The van der Waals surface area contributed by atoms with E-state index in [4.69, 9.17) is 9.26 Å². The monoisotopic (exact) mass is 415 g/mol. The van der Waals surface area contributed by atoms with Gasteiger partial charge in [-0.05, 0) is 29.8 Å². The minimum absolute atomic E-state index is 0.00716. The maximum Gasteiger partial charge on any atom is 0.265 e. The third-order valence-electron chi connectivity index (χ3n) is 4.24. The molecule has 2 aromatic heterocycles. The van der Waals surface area contributed by atoms with E-state index >= 15 is 0 Å². The molecule has 0 radical (unpaired) electrons. The molecule has 29 heavy (non-hydrogen) atoms. The number of hydrogen-bond acceptors (Lipinski definition) is 8. The van der Waals surface area contributed by atoms with Crippen LogP contribution in [0, 0.1) is 6.92 Å². The summed E-state index contributed by atoms with van der Waals surface area (Å²) >= 11 is 0. The fourth-order valence-corrected chi connectivity index (χ4v) is 3.87. The number of aromatic nitrogens is 3. The summed E-state index contributed by atoms with van der Waals surface area (Å²) < 4.78 is 38.3. The number of anilines is 1. The number of carbonyl (C=O) groups is 1. The largest absolute Gasteiger partial charge is 0.482 e. The van der Waals surface area contributed by atoms with Crippen molar-refractivity contribution in [3.8, 4) is 5.75 Å². The maximum atomic E-state index is 12.7. The van der Waals surface area contributed by atoms with E-state index in [0.717, 1.165) is 5.56 Å². The molecule has 1 aliphatic rings. The van der Waals surface area contributed by atoms with E-state index in [9.17, 15) is 13.2 Å². The number of carbonyl (C=O) groups excluding carboxylic acids is 1. The smallest absolute Gasteiger partial charge is 0.265 e. The normalized spacial score (nSPS) is 13.8. The van der Waals surface area contributed by atoms with Crippen LogP contribution in [-0.4, -0.2) is 36.1 Å². The summed E-state index contributed by atoms with van der Waals surface area (Å²) in [7, 11) is -3.82. The average Bonchev–Trinajstić information content (AvgIpc) is 3.14. The molecule has 3 aromatic rings. The summed E-state index contributed by atoms with van der Waals surface area (Å²) in [5.74, 6) is 0.748. The Bertz CT molecular complexity index is 1150. The number of nitrogens with zero attached hydrogens (tertiary/aromatic N) is 4. The number of aryl methyl sites for hydroxylation is 1. The van der Waals surface area contributed by atoms with Gasteiger partial charge in [0, 0.05) is 25.9 Å². The molecule has 0 spiro atoms. The first-order valence-electron chi connectivity index (χ1n) is 8.67. The summed E-state index contributed by atoms with van der Waals surface area (Å²) in [6.45, 7) is 1.62. The molecule has 1 N–H and O–H groups in total. The summed E-state index contributed by atoms with van der Waals surface area (Å²) in [5, 5.41) is 3.79. The molecule has 0 fully saturated rings. The van der Waals surface area contributed by atoms with Crippen LogP contribution in [0.5, 0.6) is 5.75 Å². The lowest BCUT2D eigenvalue weighted by atomic mass is 10.2. The highest BCUT2D eigenvalue weighted by Gasteiger charge is 2.29. The Hall–Kier alpha value is -3.31. The van der Waals surface area contributed by atoms with Crippen molar-refractivity contribution in [3.63, 3.8) is 0 Å². The van der Waals surface area contributed by atoms with Gasteiger partial charge in [-0.15, -0.1) is 0 Å². The van der Waals surface area contributed by atoms with E-state index in [1.807, 2.05) is 0 Å². The average molecular weight is 415 g/mol. The SMILES string of the molecule is Cc1nc(CN2C(=O)COc3ccc(S(=O)(=O)NCc4cccnc4)cc32)no1. The number of nitrogens with one attached hydrogen (secondary N) is 1. The highest BCUT2D eigenvalue weighted by atomic mass is 32.2. The fraction of sp³-hybridized carbons (Fsp3) is 0.222. The fourth-order valence-electron chi connectivity index (χ4n) is 2.83. The zero-order chi connectivity index (χ0) is 20.4. The van der Waals surface area contributed by atoms with Gasteiger partial charge in [0.15, 0.2) is 12.4 Å². The Morgan fingerprint density at radius 2 is 2.14 bits per heavy atom. The molecule has 11 heteroatoms. The number of benzene rings is 1. The van der Waals surface area contributed by atoms with Crippen LogP contribution in [0.2, 0.25) is 0 Å². The summed E-state index contributed by atoms with van der Waals surface area (Å²) in [6.07, 6.45) is 3.19. The van der Waals surface area contributed by atoms with Crippen molar-refractivity contribution in [1.82, 2.24) is 19.8 Å². The van der Waals surface area contributed by atoms with Crippen LogP contribution >= 0.6 is 0 Å². The van der Waals surface area contributed by atoms with E-state index < -0.39 is 10.0 Å². The van der Waals surface area contributed by atoms with Crippen LogP contribution in [0.1, 0.15) is 17.3 Å². The first kappa shape index (κ1) is 19.0. The van der Waals surface area contributed by atoms with Crippen molar-refractivity contribution < 1.29 is 22.5 Å². The molecule has 150 valence electrons. The number of rotatable bonds is 6. The van der Waals surface area contributed by atoms with Gasteiger partial charge in [-0.1, -0.05) is 11.2 Å². The zero-order valence-corrected chi connectivity index (χ0v) is 16.2. The van der Waals surface area contributed by atoms with Gasteiger partial charge in [0.2, 0.25) is 15.9 Å². The van der Waals surface area contributed by atoms with Crippen LogP contribution in [0.3, 0.4) is 0 Å². The minimum Gasteiger partial charge on any atom is -0.482 e. The molecule has 1 aromatic carbocycles. The Balaban J connectivity index is 1.61. The maximum absolute atomic E-state index is 12.7. The Morgan fingerprint density at radius 3 is 2.86 bits per heavy atom. The molecular formula is C18H17N5O5S. The second kappa shape index (κ2) is 7.60. The van der Waals surface area contributed by atoms with E-state index in [1.165, 1.54) is 23.1 Å². The van der Waals surface area contributed by atoms with Crippen LogP contribution < -0.4 is 14.4 Å². The molecule has 0 saturated heterocycles. The van der Waals surface area contributed by atoms with Gasteiger partial charge in [0.25, 0.3) is 5.91 Å². The molecule has 0 atom stereocenters. The number of fused-ring (bicyclic) bond motifs is 1. The first-order valence-corrected chi connectivity index (χ1v) is 10.2. The van der Waals surface area contributed by atoms with Crippen molar-refractivity contribution in [3.05, 3.63) is 60.0 Å². The minimum atomic E-state index is -3.82. The lowest BCUT2D eigenvalue weighted by Gasteiger charge is -2.28. The van der Waals surface area contributed by atoms with E-state index in [1.54, 1.807) is 31.5 Å². The van der Waals surface area contributed by atoms with Gasteiger partial charge in [-0.25, -0.2) is 13.1 Å². The molecule has 1 aliphatic heterocycles. The van der Waals surface area contributed by atoms with Crippen LogP contribution in [0.15, 0.2) is 52.1 Å². The molecule has 0 bridgehead atoms. The van der Waals surface area contributed by atoms with Gasteiger partial charge in [0.1, 0.15) is 5.75 Å². The number of amides is 1. The van der Waals surface area contributed by atoms with Crippen molar-refractivity contribution in [2.45, 2.75) is 24.9 Å². The molecule has 10 nitrogen and oxygen atoms in total. The highest BCUT2D eigenvalue weighted by Crippen LogP contribution is 2.35. The van der Waals surface area contributed by atoms with Gasteiger partial charge < -0.3 is 9.26 Å². The molecule has 4 rings (SSSR count). The van der Waals surface area contributed by atoms with Gasteiger partial charge in [0.05, 0.1) is 17.1 Å². The van der Waals surface area contributed by atoms with Crippen LogP contribution in [-0.2, 0) is 27.9 Å². The van der Waals surface area contributed by atoms with Crippen LogP contribution in [0.4, 0.5) is 5.69 Å². The molecule has 3 heterocycles. The summed E-state index contributed by atoms with van der Waals surface area (Å²) in [5.41, 5.74) is 1.05. The number of ether oxygens (including phenoxy) is 1. The van der Waals surface area contributed by atoms with Crippen molar-refractivity contribution in [2.24, 2.45) is 0 Å². The van der Waals surface area contributed by atoms with Crippen molar-refractivity contribution in [2.75, 3.05) is 11.5 Å². The Kier molecular flexibility index (Phi) is 4.99. The predicted molar refractivity (Wildman–Crippen MR) is 100 cm³/mol. The van der Waals surface area contributed by atoms with Crippen molar-refractivity contribution in [1.29, 1.82) is 0 Å². The second-order valence-corrected chi connectivity index (χ2v) is 8.08. The first-order chi connectivity index (χ1) is 13.9. The lowest BCUT2D eigenvalue weighted by molar-refractivity contribution is -0.121. The van der Waals surface area contributed by atoms with E-state index in [0.29, 0.717) is 23.2 Å². The van der Waals surface area contributed by atoms with Crippen molar-refractivity contribution >= 4 is 21.6 Å². The van der Waals surface area contributed by atoms with E-state index in [-0.39, 0.29) is 30.5 Å². The third-order valence-corrected chi connectivity index (χ3v) is 5.64. The Labute approximate surface area is 166 Å². The molecule has 0 unspecified atom stereocenters. The van der Waals surface area contributed by atoms with Gasteiger partial charge in [-0.3, -0.25) is 14.7 Å². The Morgan fingerprint density at radius 1 is 1.28 bits per heavy atom. The van der Waals surface area contributed by atoms with Crippen LogP contribution in [0.25, 0.3) is 0 Å². The molecular weight excluding hydrogens is 398 g/mol. The molecule has 0 saturated carbocycles. The predicted octanol–water partition coefficient (Wildman–Crippen LogP) is 1.18. The lowest BCUT2D eigenvalue weighted by Crippen LogP contribution is -2.38. The van der Waals surface area contributed by atoms with Gasteiger partial charge >= 0.3 is 0 Å². The molecule has 1 amide bonds. The topological polar surface area (TPSA) is 128 Å². The zero-order valence-electron chi connectivity index (χ0n) is 15.4. The number of hydrogen-bond donors (Lipinski definition) is 1. The highest BCUT2D eigenvalue weighted by molar-refractivity contribution is 7.89. The van der Waals surface area contributed by atoms with E-state index in [2.05, 4.69) is 19.8 Å². The summed E-state index contributed by atoms with van der Waals surface area (Å²) in [4.78, 5) is 21.8. The third kappa shape index (κ3) is 4.10. The second-order valence-electron chi connectivity index (χ2n) is 6.31. The van der Waals surface area contributed by atoms with Gasteiger partial charge in [-0.2, -0.15) is 4.98 Å². The number of pyridine rings is 1.